The number of phenols is 1. The van der Waals surface area contributed by atoms with Crippen LogP contribution >= 0.6 is 0 Å². The third-order valence-electron chi connectivity index (χ3n) is 3.12. The van der Waals surface area contributed by atoms with Crippen LogP contribution in [-0.4, -0.2) is 33.6 Å². The molecule has 0 radical (unpaired) electrons. The quantitative estimate of drug-likeness (QED) is 0.681. The van der Waals surface area contributed by atoms with E-state index in [-0.39, 0.29) is 12.5 Å². The van der Waals surface area contributed by atoms with Crippen LogP contribution in [0.2, 0.25) is 0 Å². The second-order valence-electron chi connectivity index (χ2n) is 4.55. The van der Waals surface area contributed by atoms with Gasteiger partial charge < -0.3 is 19.9 Å². The molecule has 0 unspecified atom stereocenters. The smallest absolute Gasteiger partial charge is 0.231 e. The first kappa shape index (κ1) is 12.7. The number of fused-ring (bicyclic) bond motifs is 1. The Balaban J connectivity index is 1.46. The van der Waals surface area contributed by atoms with Crippen LogP contribution in [0.3, 0.4) is 0 Å². The van der Waals surface area contributed by atoms with Crippen molar-refractivity contribution >= 4 is 0 Å². The normalized spacial score (nSPS) is 12.8. The molecule has 1 aromatic heterocycles. The lowest BCUT2D eigenvalue weighted by Crippen LogP contribution is -2.15. The second-order valence-corrected chi connectivity index (χ2v) is 4.55. The number of ether oxygens (including phenoxy) is 2. The minimum atomic E-state index is 0.211. The number of nitrogens with one attached hydrogen (secondary N) is 2. The Morgan fingerprint density at radius 2 is 2.15 bits per heavy atom. The molecule has 0 atom stereocenters. The summed E-state index contributed by atoms with van der Waals surface area (Å²) in [7, 11) is 0. The summed E-state index contributed by atoms with van der Waals surface area (Å²) in [4.78, 5) is 4.06. The van der Waals surface area contributed by atoms with Crippen LogP contribution in [-0.2, 0) is 13.0 Å². The Labute approximate surface area is 115 Å². The van der Waals surface area contributed by atoms with Crippen LogP contribution < -0.4 is 14.8 Å². The fraction of sp³-hybridized carbons (Fsp3) is 0.385. The van der Waals surface area contributed by atoms with Gasteiger partial charge in [0.2, 0.25) is 6.79 Å². The maximum Gasteiger partial charge on any atom is 0.231 e. The minimum absolute atomic E-state index is 0.211. The zero-order valence-electron chi connectivity index (χ0n) is 10.9. The van der Waals surface area contributed by atoms with Gasteiger partial charge in [-0.2, -0.15) is 5.10 Å². The van der Waals surface area contributed by atoms with Gasteiger partial charge in [0.15, 0.2) is 11.5 Å². The Hall–Kier alpha value is -2.28. The van der Waals surface area contributed by atoms with E-state index in [9.17, 15) is 5.11 Å². The van der Waals surface area contributed by atoms with Crippen molar-refractivity contribution in [3.8, 4) is 17.2 Å². The predicted octanol–water partition coefficient (Wildman–Crippen LogP) is 0.961. The highest BCUT2D eigenvalue weighted by Gasteiger charge is 2.16. The first-order valence-electron chi connectivity index (χ1n) is 6.49. The first-order chi connectivity index (χ1) is 9.83. The predicted molar refractivity (Wildman–Crippen MR) is 70.6 cm³/mol. The second kappa shape index (κ2) is 5.79. The highest BCUT2D eigenvalue weighted by Crippen LogP contribution is 2.37. The van der Waals surface area contributed by atoms with Crippen LogP contribution in [0.5, 0.6) is 17.2 Å². The van der Waals surface area contributed by atoms with Gasteiger partial charge in [-0.3, -0.25) is 5.10 Å². The van der Waals surface area contributed by atoms with Crippen molar-refractivity contribution in [2.45, 2.75) is 19.4 Å². The number of H-pyrrole nitrogens is 1. The Morgan fingerprint density at radius 1 is 1.30 bits per heavy atom. The summed E-state index contributed by atoms with van der Waals surface area (Å²) in [6, 6.07) is 3.40. The van der Waals surface area contributed by atoms with Gasteiger partial charge in [0.1, 0.15) is 17.9 Å². The lowest BCUT2D eigenvalue weighted by Gasteiger charge is -2.07. The number of hydrogen-bond donors (Lipinski definition) is 3. The number of rotatable bonds is 6. The molecule has 1 aliphatic rings. The van der Waals surface area contributed by atoms with E-state index in [1.54, 1.807) is 12.1 Å². The van der Waals surface area contributed by atoms with E-state index in [1.807, 2.05) is 0 Å². The summed E-state index contributed by atoms with van der Waals surface area (Å²) in [5, 5.41) is 19.8. The lowest BCUT2D eigenvalue weighted by molar-refractivity contribution is 0.174. The Bertz CT molecular complexity index is 571. The van der Waals surface area contributed by atoms with Gasteiger partial charge in [-0.05, 0) is 19.0 Å². The van der Waals surface area contributed by atoms with Crippen molar-refractivity contribution in [1.29, 1.82) is 0 Å². The highest BCUT2D eigenvalue weighted by molar-refractivity contribution is 5.51. The summed E-state index contributed by atoms with van der Waals surface area (Å²) >= 11 is 0. The van der Waals surface area contributed by atoms with Crippen molar-refractivity contribution < 1.29 is 14.6 Å². The highest BCUT2D eigenvalue weighted by atomic mass is 16.7. The van der Waals surface area contributed by atoms with Crippen molar-refractivity contribution in [3.05, 3.63) is 29.8 Å². The fourth-order valence-corrected chi connectivity index (χ4v) is 2.07. The third kappa shape index (κ3) is 2.83. The Kier molecular flexibility index (Phi) is 3.69. The maximum atomic E-state index is 9.88. The monoisotopic (exact) mass is 276 g/mol. The van der Waals surface area contributed by atoms with Crippen LogP contribution in [0.25, 0.3) is 0 Å². The molecule has 0 bridgehead atoms. The first-order valence-corrected chi connectivity index (χ1v) is 6.49. The van der Waals surface area contributed by atoms with Crippen LogP contribution in [0.4, 0.5) is 0 Å². The van der Waals surface area contributed by atoms with E-state index in [1.165, 1.54) is 6.33 Å². The molecule has 1 aromatic carbocycles. The molecule has 7 heteroatoms. The van der Waals surface area contributed by atoms with Gasteiger partial charge in [0.25, 0.3) is 0 Å². The average Bonchev–Trinajstić information content (AvgIpc) is 3.09. The number of aromatic amines is 1. The summed E-state index contributed by atoms with van der Waals surface area (Å²) in [5.41, 5.74) is 0.800. The van der Waals surface area contributed by atoms with Gasteiger partial charge in [0.05, 0.1) is 0 Å². The van der Waals surface area contributed by atoms with Crippen molar-refractivity contribution in [2.75, 3.05) is 13.3 Å². The van der Waals surface area contributed by atoms with Gasteiger partial charge in [-0.25, -0.2) is 4.98 Å². The summed E-state index contributed by atoms with van der Waals surface area (Å²) < 4.78 is 10.5. The molecule has 7 nitrogen and oxygen atoms in total. The molecule has 1 aliphatic heterocycles. The molecule has 0 amide bonds. The fourth-order valence-electron chi connectivity index (χ4n) is 2.07. The standard InChI is InChI=1S/C13H16N4O3/c18-10-5-12-11(19-8-20-12)4-9(10)6-14-3-1-2-13-15-7-16-17-13/h4-5,7,14,18H,1-3,6,8H2,(H,15,16,17). The SMILES string of the molecule is Oc1cc2c(cc1CNCCCc1ncn[nH]1)OCO2. The number of hydrogen-bond acceptors (Lipinski definition) is 6. The van der Waals surface area contributed by atoms with E-state index >= 15 is 0 Å². The number of aromatic hydroxyl groups is 1. The topological polar surface area (TPSA) is 92.3 Å². The van der Waals surface area contributed by atoms with Crippen molar-refractivity contribution in [3.63, 3.8) is 0 Å². The molecule has 106 valence electrons. The molecule has 2 aromatic rings. The Morgan fingerprint density at radius 3 is 2.95 bits per heavy atom. The van der Waals surface area contributed by atoms with Crippen LogP contribution in [0.15, 0.2) is 18.5 Å². The van der Waals surface area contributed by atoms with E-state index < -0.39 is 0 Å². The molecule has 0 saturated carbocycles. The van der Waals surface area contributed by atoms with Gasteiger partial charge in [-0.1, -0.05) is 0 Å². The molecule has 3 N–H and O–H groups in total. The minimum Gasteiger partial charge on any atom is -0.507 e. The van der Waals surface area contributed by atoms with Crippen LogP contribution in [0.1, 0.15) is 17.8 Å². The average molecular weight is 276 g/mol. The van der Waals surface area contributed by atoms with Crippen molar-refractivity contribution in [1.82, 2.24) is 20.5 Å². The van der Waals surface area contributed by atoms with E-state index in [0.717, 1.165) is 30.8 Å². The summed E-state index contributed by atoms with van der Waals surface area (Å²) in [6.45, 7) is 1.62. The van der Waals surface area contributed by atoms with Gasteiger partial charge >= 0.3 is 0 Å². The molecular weight excluding hydrogens is 260 g/mol. The zero-order chi connectivity index (χ0) is 13.8. The molecule has 0 aliphatic carbocycles. The van der Waals surface area contributed by atoms with E-state index in [0.29, 0.717) is 18.0 Å². The number of aryl methyl sites for hydroxylation is 1. The van der Waals surface area contributed by atoms with E-state index in [4.69, 9.17) is 9.47 Å². The molecule has 0 fully saturated rings. The lowest BCUT2D eigenvalue weighted by atomic mass is 10.1. The molecule has 0 saturated heterocycles. The molecule has 20 heavy (non-hydrogen) atoms. The van der Waals surface area contributed by atoms with Gasteiger partial charge in [-0.15, -0.1) is 0 Å². The molecular formula is C13H16N4O3. The third-order valence-corrected chi connectivity index (χ3v) is 3.12. The molecule has 0 spiro atoms. The van der Waals surface area contributed by atoms with Crippen LogP contribution in [0, 0.1) is 0 Å². The number of phenolic OH excluding ortho intramolecular Hbond substituents is 1. The molecule has 3 rings (SSSR count). The van der Waals surface area contributed by atoms with Crippen molar-refractivity contribution in [2.24, 2.45) is 0 Å². The summed E-state index contributed by atoms with van der Waals surface area (Å²) in [5.74, 6) is 2.38. The largest absolute Gasteiger partial charge is 0.507 e. The number of aromatic nitrogens is 3. The van der Waals surface area contributed by atoms with Gasteiger partial charge in [0, 0.05) is 24.6 Å². The number of nitrogens with zero attached hydrogens (tertiary/aromatic N) is 2. The van der Waals surface area contributed by atoms with E-state index in [2.05, 4.69) is 20.5 Å². The molecule has 2 heterocycles. The maximum absolute atomic E-state index is 9.88. The number of benzene rings is 1. The summed E-state index contributed by atoms with van der Waals surface area (Å²) in [6.07, 6.45) is 3.30. The zero-order valence-corrected chi connectivity index (χ0v) is 10.9.